The van der Waals surface area contributed by atoms with Crippen molar-refractivity contribution in [3.63, 3.8) is 0 Å². The number of carbonyl (C=O) groups is 6. The molecule has 0 fully saturated rings. The van der Waals surface area contributed by atoms with E-state index < -0.39 is 48.0 Å². The molecule has 2 atom stereocenters. The fourth-order valence-electron chi connectivity index (χ4n) is 1.39. The SMILES string of the molecule is NC(=O)N[C@@H](CCC(=O)O)C(=O)O.NC(=O)N[C@@H](CCC(=O)O)C(=O)O. The zero-order chi connectivity index (χ0) is 20.9. The number of carboxylic acid groups (broad SMARTS) is 4. The van der Waals surface area contributed by atoms with Gasteiger partial charge < -0.3 is 42.5 Å². The Kier molecular flexibility index (Phi) is 12.1. The Morgan fingerprint density at radius 3 is 1.08 bits per heavy atom. The Hall–Kier alpha value is -3.58. The molecule has 10 N–H and O–H groups in total. The van der Waals surface area contributed by atoms with Gasteiger partial charge in [-0.3, -0.25) is 9.59 Å². The molecule has 0 saturated heterocycles. The van der Waals surface area contributed by atoms with Crippen LogP contribution in [0.25, 0.3) is 0 Å². The van der Waals surface area contributed by atoms with E-state index in [4.69, 9.17) is 20.4 Å². The topological polar surface area (TPSA) is 259 Å². The maximum absolute atomic E-state index is 10.4. The lowest BCUT2D eigenvalue weighted by molar-refractivity contribution is -0.142. The summed E-state index contributed by atoms with van der Waals surface area (Å²) in [6.07, 6.45) is -1.05. The molecule has 0 bridgehead atoms. The van der Waals surface area contributed by atoms with Crippen LogP contribution in [0.3, 0.4) is 0 Å². The van der Waals surface area contributed by atoms with Gasteiger partial charge in [-0.1, -0.05) is 0 Å². The Labute approximate surface area is 146 Å². The van der Waals surface area contributed by atoms with E-state index in [-0.39, 0.29) is 25.7 Å². The molecule has 148 valence electrons. The van der Waals surface area contributed by atoms with Crippen LogP contribution in [0.1, 0.15) is 25.7 Å². The molecule has 0 unspecified atom stereocenters. The highest BCUT2D eigenvalue weighted by molar-refractivity contribution is 5.82. The van der Waals surface area contributed by atoms with Crippen LogP contribution in [0.5, 0.6) is 0 Å². The molecule has 0 aromatic heterocycles. The summed E-state index contributed by atoms with van der Waals surface area (Å²) >= 11 is 0. The molecule has 0 aromatic carbocycles. The van der Waals surface area contributed by atoms with Crippen molar-refractivity contribution in [2.75, 3.05) is 0 Å². The number of amides is 4. The summed E-state index contributed by atoms with van der Waals surface area (Å²) in [5, 5.41) is 37.2. The van der Waals surface area contributed by atoms with Crippen LogP contribution >= 0.6 is 0 Å². The molecule has 14 nitrogen and oxygen atoms in total. The molecule has 0 aliphatic rings. The van der Waals surface area contributed by atoms with Crippen LogP contribution in [-0.2, 0) is 19.2 Å². The number of nitrogens with one attached hydrogen (secondary N) is 2. The lowest BCUT2D eigenvalue weighted by atomic mass is 10.1. The maximum Gasteiger partial charge on any atom is 0.326 e. The van der Waals surface area contributed by atoms with Gasteiger partial charge in [-0.2, -0.15) is 0 Å². The maximum atomic E-state index is 10.4. The van der Waals surface area contributed by atoms with Gasteiger partial charge in [0.1, 0.15) is 12.1 Å². The van der Waals surface area contributed by atoms with Gasteiger partial charge in [-0.25, -0.2) is 19.2 Å². The highest BCUT2D eigenvalue weighted by Crippen LogP contribution is 1.98. The van der Waals surface area contributed by atoms with Gasteiger partial charge in [0.25, 0.3) is 0 Å². The van der Waals surface area contributed by atoms with Gasteiger partial charge in [-0.15, -0.1) is 0 Å². The number of urea groups is 2. The summed E-state index contributed by atoms with van der Waals surface area (Å²) in [5.74, 6) is -4.87. The van der Waals surface area contributed by atoms with Crippen LogP contribution in [0, 0.1) is 0 Å². The Morgan fingerprint density at radius 2 is 0.923 bits per heavy atom. The zero-order valence-electron chi connectivity index (χ0n) is 13.4. The molecule has 14 heteroatoms. The summed E-state index contributed by atoms with van der Waals surface area (Å²) in [5.41, 5.74) is 9.35. The minimum absolute atomic E-state index is 0.187. The fourth-order valence-corrected chi connectivity index (χ4v) is 1.39. The van der Waals surface area contributed by atoms with Crippen molar-refractivity contribution in [3.8, 4) is 0 Å². The molecule has 0 spiro atoms. The minimum Gasteiger partial charge on any atom is -0.481 e. The van der Waals surface area contributed by atoms with Crippen LogP contribution in [0.2, 0.25) is 0 Å². The van der Waals surface area contributed by atoms with E-state index in [1.165, 1.54) is 0 Å². The predicted molar refractivity (Wildman–Crippen MR) is 82.0 cm³/mol. The third-order valence-electron chi connectivity index (χ3n) is 2.52. The summed E-state index contributed by atoms with van der Waals surface area (Å²) in [6, 6.07) is -4.46. The predicted octanol–water partition coefficient (Wildman–Crippen LogP) is -2.05. The zero-order valence-corrected chi connectivity index (χ0v) is 13.4. The molecule has 0 rings (SSSR count). The molecule has 0 radical (unpaired) electrons. The minimum atomic E-state index is -1.31. The highest BCUT2D eigenvalue weighted by Gasteiger charge is 2.20. The van der Waals surface area contributed by atoms with Gasteiger partial charge in [0.15, 0.2) is 0 Å². The smallest absolute Gasteiger partial charge is 0.326 e. The largest absolute Gasteiger partial charge is 0.481 e. The number of hydrogen-bond donors (Lipinski definition) is 8. The number of rotatable bonds is 10. The molecule has 0 heterocycles. The second kappa shape index (κ2) is 12.8. The van der Waals surface area contributed by atoms with Gasteiger partial charge in [-0.05, 0) is 12.8 Å². The first-order chi connectivity index (χ1) is 11.9. The second-order valence-electron chi connectivity index (χ2n) is 4.66. The molecular formula is C12H20N4O10. The Bertz CT molecular complexity index is 502. The number of carbonyl (C=O) groups excluding carboxylic acids is 2. The van der Waals surface area contributed by atoms with E-state index >= 15 is 0 Å². The van der Waals surface area contributed by atoms with Crippen molar-refractivity contribution < 1.29 is 49.2 Å². The van der Waals surface area contributed by atoms with Crippen molar-refractivity contribution in [2.24, 2.45) is 11.5 Å². The quantitative estimate of drug-likeness (QED) is 0.205. The van der Waals surface area contributed by atoms with E-state index in [9.17, 15) is 28.8 Å². The molecular weight excluding hydrogens is 360 g/mol. The molecule has 0 aromatic rings. The average Bonchev–Trinajstić information content (AvgIpc) is 2.46. The highest BCUT2D eigenvalue weighted by atomic mass is 16.4. The lowest BCUT2D eigenvalue weighted by Gasteiger charge is -2.10. The van der Waals surface area contributed by atoms with Crippen LogP contribution in [0.4, 0.5) is 9.59 Å². The monoisotopic (exact) mass is 380 g/mol. The Morgan fingerprint density at radius 1 is 0.654 bits per heavy atom. The van der Waals surface area contributed by atoms with Crippen LogP contribution in [0.15, 0.2) is 0 Å². The number of aliphatic carboxylic acids is 4. The van der Waals surface area contributed by atoms with Crippen molar-refractivity contribution in [3.05, 3.63) is 0 Å². The fraction of sp³-hybridized carbons (Fsp3) is 0.500. The third kappa shape index (κ3) is 15.3. The molecule has 0 saturated carbocycles. The number of hydrogen-bond acceptors (Lipinski definition) is 6. The van der Waals surface area contributed by atoms with E-state index in [0.717, 1.165) is 0 Å². The first-order valence-corrected chi connectivity index (χ1v) is 6.87. The Balaban J connectivity index is 0. The molecule has 4 amide bonds. The average molecular weight is 380 g/mol. The normalized spacial score (nSPS) is 11.7. The number of primary amides is 2. The molecule has 0 aliphatic carbocycles. The van der Waals surface area contributed by atoms with E-state index in [1.54, 1.807) is 0 Å². The van der Waals surface area contributed by atoms with E-state index in [2.05, 4.69) is 11.5 Å². The van der Waals surface area contributed by atoms with E-state index in [1.807, 2.05) is 10.6 Å². The lowest BCUT2D eigenvalue weighted by Crippen LogP contribution is -2.43. The number of carboxylic acids is 4. The van der Waals surface area contributed by atoms with Crippen molar-refractivity contribution in [1.29, 1.82) is 0 Å². The summed E-state index contributed by atoms with van der Waals surface area (Å²) in [7, 11) is 0. The second-order valence-corrected chi connectivity index (χ2v) is 4.66. The first kappa shape index (κ1) is 24.7. The van der Waals surface area contributed by atoms with Gasteiger partial charge in [0.2, 0.25) is 0 Å². The van der Waals surface area contributed by atoms with Gasteiger partial charge in [0.05, 0.1) is 0 Å². The van der Waals surface area contributed by atoms with Crippen LogP contribution < -0.4 is 22.1 Å². The summed E-state index contributed by atoms with van der Waals surface area (Å²) in [4.78, 5) is 61.4. The van der Waals surface area contributed by atoms with Crippen molar-refractivity contribution >= 4 is 35.9 Å². The third-order valence-corrected chi connectivity index (χ3v) is 2.52. The van der Waals surface area contributed by atoms with Crippen LogP contribution in [-0.4, -0.2) is 68.4 Å². The van der Waals surface area contributed by atoms with Crippen molar-refractivity contribution in [2.45, 2.75) is 37.8 Å². The first-order valence-electron chi connectivity index (χ1n) is 6.87. The van der Waals surface area contributed by atoms with E-state index in [0.29, 0.717) is 0 Å². The standard InChI is InChI=1S/2C6H10N2O5/c2*7-6(13)8-3(5(11)12)1-2-4(9)10/h2*3H,1-2H2,(H,9,10)(H,11,12)(H3,7,8,13)/t2*3-/m00/s1. The molecule has 0 aliphatic heterocycles. The summed E-state index contributed by atoms with van der Waals surface area (Å²) < 4.78 is 0. The van der Waals surface area contributed by atoms with Gasteiger partial charge >= 0.3 is 35.9 Å². The number of nitrogens with two attached hydrogens (primary N) is 2. The van der Waals surface area contributed by atoms with Crippen molar-refractivity contribution in [1.82, 2.24) is 10.6 Å². The van der Waals surface area contributed by atoms with Gasteiger partial charge in [0, 0.05) is 12.8 Å². The summed E-state index contributed by atoms with van der Waals surface area (Å²) in [6.45, 7) is 0. The molecule has 26 heavy (non-hydrogen) atoms.